The van der Waals surface area contributed by atoms with Crippen LogP contribution >= 0.6 is 0 Å². The predicted octanol–water partition coefficient (Wildman–Crippen LogP) is 19.5. The largest absolute Gasteiger partial charge is 0.462 e. The summed E-state index contributed by atoms with van der Waals surface area (Å²) in [6, 6.07) is 0. The molecule has 1 unspecified atom stereocenters. The summed E-state index contributed by atoms with van der Waals surface area (Å²) in [6.07, 6.45) is 61.8. The first kappa shape index (κ1) is 63.4. The van der Waals surface area contributed by atoms with Gasteiger partial charge in [-0.2, -0.15) is 0 Å². The Kier molecular flexibility index (Phi) is 53.7. The normalized spacial score (nSPS) is 11.9. The fourth-order valence-electron chi connectivity index (χ4n) is 9.15. The van der Waals surface area contributed by atoms with E-state index < -0.39 is 6.10 Å². The molecule has 0 amide bonds. The second kappa shape index (κ2) is 55.0. The van der Waals surface area contributed by atoms with E-state index in [1.165, 1.54) is 238 Å². The van der Waals surface area contributed by atoms with Gasteiger partial charge in [-0.25, -0.2) is 0 Å². The Hall–Kier alpha value is -1.59. The maximum Gasteiger partial charge on any atom is 0.306 e. The van der Waals surface area contributed by atoms with Gasteiger partial charge in [0.15, 0.2) is 6.10 Å². The minimum Gasteiger partial charge on any atom is -0.462 e. The van der Waals surface area contributed by atoms with E-state index in [4.69, 9.17) is 14.2 Å². The lowest BCUT2D eigenvalue weighted by atomic mass is 10.0. The van der Waals surface area contributed by atoms with E-state index in [1.807, 2.05) is 0 Å². The molecule has 0 aliphatic rings. The molecular weight excluding hydrogens is 805 g/mol. The van der Waals surface area contributed by atoms with E-state index in [2.05, 4.69) is 20.8 Å². The third-order valence-electron chi connectivity index (χ3n) is 13.6. The van der Waals surface area contributed by atoms with Crippen molar-refractivity contribution in [3.8, 4) is 0 Å². The molecule has 0 saturated heterocycles. The molecule has 0 aliphatic heterocycles. The van der Waals surface area contributed by atoms with Crippen molar-refractivity contribution in [2.75, 3.05) is 13.2 Å². The summed E-state index contributed by atoms with van der Waals surface area (Å²) in [5.41, 5.74) is 0. The van der Waals surface area contributed by atoms with E-state index in [1.54, 1.807) is 0 Å². The number of carbonyl (C=O) groups excluding carboxylic acids is 3. The van der Waals surface area contributed by atoms with Crippen LogP contribution in [0.3, 0.4) is 0 Å². The van der Waals surface area contributed by atoms with Crippen molar-refractivity contribution in [3.63, 3.8) is 0 Å². The molecule has 0 saturated carbocycles. The highest BCUT2D eigenvalue weighted by Gasteiger charge is 2.19. The molecule has 0 spiro atoms. The van der Waals surface area contributed by atoms with Gasteiger partial charge in [0.25, 0.3) is 0 Å². The molecule has 6 nitrogen and oxygen atoms in total. The Labute approximate surface area is 406 Å². The molecule has 0 aliphatic carbocycles. The molecular formula is C59H114O6. The summed E-state index contributed by atoms with van der Waals surface area (Å²) in [7, 11) is 0. The number of hydrogen-bond acceptors (Lipinski definition) is 6. The Balaban J connectivity index is 3.81. The molecule has 0 aromatic rings. The van der Waals surface area contributed by atoms with Crippen LogP contribution in [0, 0.1) is 0 Å². The molecule has 0 aromatic carbocycles. The van der Waals surface area contributed by atoms with Gasteiger partial charge in [0, 0.05) is 19.3 Å². The van der Waals surface area contributed by atoms with Crippen LogP contribution in [0.1, 0.15) is 342 Å². The molecule has 0 fully saturated rings. The van der Waals surface area contributed by atoms with Crippen LogP contribution < -0.4 is 0 Å². The number of ether oxygens (including phenoxy) is 3. The third-order valence-corrected chi connectivity index (χ3v) is 13.6. The van der Waals surface area contributed by atoms with Crippen molar-refractivity contribution < 1.29 is 28.6 Å². The summed E-state index contributed by atoms with van der Waals surface area (Å²) in [4.78, 5) is 37.6. The number of esters is 3. The van der Waals surface area contributed by atoms with E-state index >= 15 is 0 Å². The predicted molar refractivity (Wildman–Crippen MR) is 280 cm³/mol. The molecule has 386 valence electrons. The average Bonchev–Trinajstić information content (AvgIpc) is 3.30. The maximum atomic E-state index is 12.7. The number of unbranched alkanes of at least 4 members (excludes halogenated alkanes) is 44. The minimum absolute atomic E-state index is 0.0633. The molecule has 1 atom stereocenters. The third kappa shape index (κ3) is 53.2. The lowest BCUT2D eigenvalue weighted by Crippen LogP contribution is -2.30. The zero-order chi connectivity index (χ0) is 47.2. The first-order chi connectivity index (χ1) is 32.0. The van der Waals surface area contributed by atoms with E-state index in [0.29, 0.717) is 19.3 Å². The van der Waals surface area contributed by atoms with Crippen molar-refractivity contribution in [2.45, 2.75) is 348 Å². The van der Waals surface area contributed by atoms with Gasteiger partial charge in [-0.1, -0.05) is 303 Å². The quantitative estimate of drug-likeness (QED) is 0.0344. The van der Waals surface area contributed by atoms with Crippen molar-refractivity contribution >= 4 is 17.9 Å². The van der Waals surface area contributed by atoms with Crippen molar-refractivity contribution in [1.82, 2.24) is 0 Å². The van der Waals surface area contributed by atoms with E-state index in [9.17, 15) is 14.4 Å². The Bertz CT molecular complexity index is 967. The minimum atomic E-state index is -0.758. The molecule has 0 radical (unpaired) electrons. The molecule has 6 heteroatoms. The van der Waals surface area contributed by atoms with Crippen LogP contribution in [-0.4, -0.2) is 37.2 Å². The molecule has 0 heterocycles. The SMILES string of the molecule is CCCCCCCCCCCCCCCCCCCCCCCCCCCCCCCCCC(=O)OCC(COC(=O)CCCCCCC)OC(=O)CCCCCCCCCCCCC. The van der Waals surface area contributed by atoms with Crippen molar-refractivity contribution in [2.24, 2.45) is 0 Å². The fraction of sp³-hybridized carbons (Fsp3) is 0.949. The fourth-order valence-corrected chi connectivity index (χ4v) is 9.15. The Morgan fingerprint density at radius 2 is 0.415 bits per heavy atom. The maximum absolute atomic E-state index is 12.7. The van der Waals surface area contributed by atoms with E-state index in [-0.39, 0.29) is 31.1 Å². The van der Waals surface area contributed by atoms with Crippen LogP contribution in [0.2, 0.25) is 0 Å². The highest BCUT2D eigenvalue weighted by molar-refractivity contribution is 5.71. The zero-order valence-corrected chi connectivity index (χ0v) is 44.3. The smallest absolute Gasteiger partial charge is 0.306 e. The molecule has 0 rings (SSSR count). The Morgan fingerprint density at radius 1 is 0.246 bits per heavy atom. The second-order valence-corrected chi connectivity index (χ2v) is 20.3. The molecule has 65 heavy (non-hydrogen) atoms. The van der Waals surface area contributed by atoms with Gasteiger partial charge in [-0.3, -0.25) is 14.4 Å². The summed E-state index contributed by atoms with van der Waals surface area (Å²) in [5, 5.41) is 0. The molecule has 0 bridgehead atoms. The number of rotatable bonds is 55. The highest BCUT2D eigenvalue weighted by atomic mass is 16.6. The number of hydrogen-bond donors (Lipinski definition) is 0. The monoisotopic (exact) mass is 919 g/mol. The summed E-state index contributed by atoms with van der Waals surface area (Å²) in [5.74, 6) is -0.858. The van der Waals surface area contributed by atoms with Crippen LogP contribution in [-0.2, 0) is 28.6 Å². The second-order valence-electron chi connectivity index (χ2n) is 20.3. The van der Waals surface area contributed by atoms with Gasteiger partial charge >= 0.3 is 17.9 Å². The standard InChI is InChI=1S/C59H114O6/c1-4-7-10-13-15-17-19-20-21-22-23-24-25-26-27-28-29-30-31-32-33-34-35-36-37-38-40-41-43-46-49-52-58(61)64-55-56(54-63-57(60)51-48-45-12-9-6-3)65-59(62)53-50-47-44-42-39-18-16-14-11-8-5-2/h56H,4-55H2,1-3H3. The topological polar surface area (TPSA) is 78.9 Å². The Morgan fingerprint density at radius 3 is 0.615 bits per heavy atom. The van der Waals surface area contributed by atoms with Crippen LogP contribution in [0.25, 0.3) is 0 Å². The van der Waals surface area contributed by atoms with E-state index in [0.717, 1.165) is 64.2 Å². The van der Waals surface area contributed by atoms with Gasteiger partial charge < -0.3 is 14.2 Å². The van der Waals surface area contributed by atoms with Crippen molar-refractivity contribution in [3.05, 3.63) is 0 Å². The van der Waals surface area contributed by atoms with Gasteiger partial charge in [-0.05, 0) is 19.3 Å². The zero-order valence-electron chi connectivity index (χ0n) is 44.3. The van der Waals surface area contributed by atoms with Gasteiger partial charge in [0.2, 0.25) is 0 Å². The van der Waals surface area contributed by atoms with Gasteiger partial charge in [-0.15, -0.1) is 0 Å². The first-order valence-electron chi connectivity index (χ1n) is 29.5. The molecule has 0 aromatic heterocycles. The first-order valence-corrected chi connectivity index (χ1v) is 29.5. The van der Waals surface area contributed by atoms with Crippen LogP contribution in [0.5, 0.6) is 0 Å². The lowest BCUT2D eigenvalue weighted by Gasteiger charge is -2.18. The number of carbonyl (C=O) groups is 3. The van der Waals surface area contributed by atoms with Gasteiger partial charge in [0.05, 0.1) is 0 Å². The van der Waals surface area contributed by atoms with Gasteiger partial charge in [0.1, 0.15) is 13.2 Å². The summed E-state index contributed by atoms with van der Waals surface area (Å²) in [6.45, 7) is 6.60. The van der Waals surface area contributed by atoms with Crippen LogP contribution in [0.15, 0.2) is 0 Å². The average molecular weight is 920 g/mol. The highest BCUT2D eigenvalue weighted by Crippen LogP contribution is 2.18. The molecule has 0 N–H and O–H groups in total. The lowest BCUT2D eigenvalue weighted by molar-refractivity contribution is -0.167. The van der Waals surface area contributed by atoms with Crippen molar-refractivity contribution in [1.29, 1.82) is 0 Å². The summed E-state index contributed by atoms with van der Waals surface area (Å²) >= 11 is 0. The van der Waals surface area contributed by atoms with Crippen LogP contribution in [0.4, 0.5) is 0 Å². The summed E-state index contributed by atoms with van der Waals surface area (Å²) < 4.78 is 16.7.